The van der Waals surface area contributed by atoms with Crippen LogP contribution < -0.4 is 0 Å². The summed E-state index contributed by atoms with van der Waals surface area (Å²) in [5, 5.41) is 16.2. The lowest BCUT2D eigenvalue weighted by molar-refractivity contribution is -0.149. The van der Waals surface area contributed by atoms with Gasteiger partial charge in [0.25, 0.3) is 0 Å². The number of allylic oxidation sites excluding steroid dienone is 2. The zero-order valence-corrected chi connectivity index (χ0v) is 8.13. The molecule has 0 atom stereocenters. The van der Waals surface area contributed by atoms with Gasteiger partial charge in [-0.1, -0.05) is 0 Å². The molecular formula is C8H4F6O4. The van der Waals surface area contributed by atoms with E-state index < -0.39 is 41.5 Å². The Morgan fingerprint density at radius 1 is 0.833 bits per heavy atom. The van der Waals surface area contributed by atoms with Crippen molar-refractivity contribution >= 4 is 11.9 Å². The fraction of sp³-hybridized carbons (Fsp3) is 0.250. The van der Waals surface area contributed by atoms with Crippen molar-refractivity contribution in [2.45, 2.75) is 12.4 Å². The fourth-order valence-corrected chi connectivity index (χ4v) is 0.863. The summed E-state index contributed by atoms with van der Waals surface area (Å²) in [5.41, 5.74) is -5.47. The molecule has 0 aromatic rings. The second kappa shape index (κ2) is 5.10. The lowest BCUT2D eigenvalue weighted by atomic mass is 10.1. The molecule has 4 nitrogen and oxygen atoms in total. The number of carboxylic acid groups (broad SMARTS) is 2. The Bertz CT molecular complexity index is 414. The summed E-state index contributed by atoms with van der Waals surface area (Å²) in [6, 6.07) is 0. The Hall–Kier alpha value is -2.00. The van der Waals surface area contributed by atoms with Gasteiger partial charge in [-0.2, -0.15) is 26.3 Å². The Balaban J connectivity index is 6.07. The van der Waals surface area contributed by atoms with E-state index in [0.29, 0.717) is 0 Å². The molecule has 0 rings (SSSR count). The van der Waals surface area contributed by atoms with Crippen molar-refractivity contribution in [3.8, 4) is 0 Å². The molecule has 0 aliphatic rings. The van der Waals surface area contributed by atoms with Crippen LogP contribution in [0.4, 0.5) is 26.3 Å². The Labute approximate surface area is 94.8 Å². The second-order valence-electron chi connectivity index (χ2n) is 2.76. The highest BCUT2D eigenvalue weighted by molar-refractivity contribution is 5.90. The van der Waals surface area contributed by atoms with Gasteiger partial charge in [0.05, 0.1) is 5.57 Å². The first kappa shape index (κ1) is 16.0. The number of alkyl halides is 6. The maximum absolute atomic E-state index is 12.2. The van der Waals surface area contributed by atoms with Gasteiger partial charge in [0.2, 0.25) is 0 Å². The van der Waals surface area contributed by atoms with Crippen LogP contribution in [0.3, 0.4) is 0 Å². The Morgan fingerprint density at radius 3 is 1.50 bits per heavy atom. The number of aliphatic carboxylic acids is 2. The summed E-state index contributed by atoms with van der Waals surface area (Å²) in [6.45, 7) is 0. The molecule has 102 valence electrons. The van der Waals surface area contributed by atoms with Gasteiger partial charge >= 0.3 is 24.3 Å². The molecule has 0 spiro atoms. The summed E-state index contributed by atoms with van der Waals surface area (Å²) in [5.74, 6) is -4.81. The molecule has 0 aliphatic carbocycles. The average molecular weight is 278 g/mol. The fourth-order valence-electron chi connectivity index (χ4n) is 0.863. The molecule has 0 bridgehead atoms. The van der Waals surface area contributed by atoms with Crippen LogP contribution in [0.15, 0.2) is 23.3 Å². The minimum Gasteiger partial charge on any atom is -0.478 e. The third-order valence-corrected chi connectivity index (χ3v) is 1.46. The summed E-state index contributed by atoms with van der Waals surface area (Å²) in [4.78, 5) is 20.2. The summed E-state index contributed by atoms with van der Waals surface area (Å²) >= 11 is 0. The normalized spacial score (nSPS) is 14.6. The van der Waals surface area contributed by atoms with Crippen LogP contribution in [0.5, 0.6) is 0 Å². The van der Waals surface area contributed by atoms with Gasteiger partial charge in [-0.15, -0.1) is 0 Å². The summed E-state index contributed by atoms with van der Waals surface area (Å²) in [6.07, 6.45) is -12.1. The highest BCUT2D eigenvalue weighted by atomic mass is 19.4. The number of hydrogen-bond acceptors (Lipinski definition) is 2. The molecule has 0 aromatic heterocycles. The predicted molar refractivity (Wildman–Crippen MR) is 43.5 cm³/mol. The van der Waals surface area contributed by atoms with Gasteiger partial charge in [-0.25, -0.2) is 9.59 Å². The number of halogens is 6. The van der Waals surface area contributed by atoms with Gasteiger partial charge in [0.15, 0.2) is 5.57 Å². The molecule has 0 aliphatic heterocycles. The van der Waals surface area contributed by atoms with Gasteiger partial charge in [-0.3, -0.25) is 0 Å². The number of carbonyl (C=O) groups is 2. The largest absolute Gasteiger partial charge is 0.478 e. The summed E-state index contributed by atoms with van der Waals surface area (Å²) < 4.78 is 73.2. The first-order valence-corrected chi connectivity index (χ1v) is 3.90. The first-order chi connectivity index (χ1) is 7.87. The van der Waals surface area contributed by atoms with Gasteiger partial charge < -0.3 is 10.2 Å². The quantitative estimate of drug-likeness (QED) is 0.471. The van der Waals surface area contributed by atoms with Crippen molar-refractivity contribution in [2.75, 3.05) is 0 Å². The van der Waals surface area contributed by atoms with Crippen molar-refractivity contribution in [3.63, 3.8) is 0 Å². The highest BCUT2D eigenvalue weighted by Crippen LogP contribution is 2.37. The van der Waals surface area contributed by atoms with Gasteiger partial charge in [0.1, 0.15) is 0 Å². The number of carboxylic acids is 2. The van der Waals surface area contributed by atoms with E-state index in [9.17, 15) is 35.9 Å². The molecule has 0 amide bonds. The molecule has 0 aromatic carbocycles. The predicted octanol–water partition coefficient (Wildman–Crippen LogP) is 2.13. The van der Waals surface area contributed by atoms with E-state index in [-0.39, 0.29) is 6.08 Å². The lowest BCUT2D eigenvalue weighted by Crippen LogP contribution is -2.27. The molecule has 0 radical (unpaired) electrons. The molecule has 18 heavy (non-hydrogen) atoms. The van der Waals surface area contributed by atoms with Crippen LogP contribution in [0.25, 0.3) is 0 Å². The van der Waals surface area contributed by atoms with Crippen molar-refractivity contribution in [1.82, 2.24) is 0 Å². The second-order valence-corrected chi connectivity index (χ2v) is 2.76. The summed E-state index contributed by atoms with van der Waals surface area (Å²) in [7, 11) is 0. The maximum Gasteiger partial charge on any atom is 0.423 e. The van der Waals surface area contributed by atoms with Crippen molar-refractivity contribution in [3.05, 3.63) is 23.3 Å². The van der Waals surface area contributed by atoms with E-state index in [1.165, 1.54) is 0 Å². The SMILES string of the molecule is O=C(O)C=CC(=C(C(=O)O)C(F)(F)F)C(F)(F)F. The third-order valence-electron chi connectivity index (χ3n) is 1.46. The van der Waals surface area contributed by atoms with Crippen LogP contribution in [0.2, 0.25) is 0 Å². The molecular weight excluding hydrogens is 274 g/mol. The zero-order chi connectivity index (χ0) is 14.7. The van der Waals surface area contributed by atoms with Crippen molar-refractivity contribution < 1.29 is 46.1 Å². The Kier molecular flexibility index (Phi) is 4.54. The molecule has 0 saturated heterocycles. The van der Waals surface area contributed by atoms with Crippen LogP contribution in [0, 0.1) is 0 Å². The highest BCUT2D eigenvalue weighted by Gasteiger charge is 2.48. The molecule has 2 N–H and O–H groups in total. The minimum absolute atomic E-state index is 0.239. The van der Waals surface area contributed by atoms with E-state index in [4.69, 9.17) is 10.2 Å². The Morgan fingerprint density at radius 2 is 1.28 bits per heavy atom. The van der Waals surface area contributed by atoms with Gasteiger partial charge in [-0.05, 0) is 6.08 Å². The van der Waals surface area contributed by atoms with Crippen LogP contribution >= 0.6 is 0 Å². The van der Waals surface area contributed by atoms with E-state index in [1.807, 2.05) is 0 Å². The van der Waals surface area contributed by atoms with E-state index >= 15 is 0 Å². The minimum atomic E-state index is -5.78. The van der Waals surface area contributed by atoms with Crippen LogP contribution in [-0.2, 0) is 9.59 Å². The standard InChI is InChI=1S/C8H4F6O4/c9-7(10,11)3(1-2-4(15)16)5(6(17)18)8(12,13)14/h1-2H,(H,15,16)(H,17,18). The first-order valence-electron chi connectivity index (χ1n) is 3.90. The van der Waals surface area contributed by atoms with E-state index in [2.05, 4.69) is 0 Å². The topological polar surface area (TPSA) is 74.6 Å². The third kappa shape index (κ3) is 4.47. The van der Waals surface area contributed by atoms with Gasteiger partial charge in [0, 0.05) is 6.08 Å². The molecule has 0 saturated carbocycles. The van der Waals surface area contributed by atoms with E-state index in [0.717, 1.165) is 0 Å². The number of rotatable bonds is 3. The number of hydrogen-bond donors (Lipinski definition) is 2. The van der Waals surface area contributed by atoms with Crippen LogP contribution in [-0.4, -0.2) is 34.5 Å². The lowest BCUT2D eigenvalue weighted by Gasteiger charge is -2.14. The smallest absolute Gasteiger partial charge is 0.423 e. The monoisotopic (exact) mass is 278 g/mol. The van der Waals surface area contributed by atoms with Crippen molar-refractivity contribution in [1.29, 1.82) is 0 Å². The van der Waals surface area contributed by atoms with Crippen LogP contribution in [0.1, 0.15) is 0 Å². The molecule has 0 fully saturated rings. The zero-order valence-electron chi connectivity index (χ0n) is 8.13. The maximum atomic E-state index is 12.2. The van der Waals surface area contributed by atoms with Crippen molar-refractivity contribution in [2.24, 2.45) is 0 Å². The average Bonchev–Trinajstić information content (AvgIpc) is 2.06. The molecule has 0 heterocycles. The molecule has 0 unspecified atom stereocenters. The van der Waals surface area contributed by atoms with E-state index in [1.54, 1.807) is 0 Å². The molecule has 10 heteroatoms.